The molecular weight excluding hydrogens is 130 g/mol. The van der Waals surface area contributed by atoms with Crippen molar-refractivity contribution < 1.29 is 0 Å². The molecule has 0 aliphatic carbocycles. The van der Waals surface area contributed by atoms with Crippen LogP contribution >= 0.6 is 12.6 Å². The summed E-state index contributed by atoms with van der Waals surface area (Å²) in [5.74, 6) is 0.585. The Kier molecular flexibility index (Phi) is 4.61. The van der Waals surface area contributed by atoms with Gasteiger partial charge in [0.1, 0.15) is 0 Å². The fourth-order valence-corrected chi connectivity index (χ4v) is 0.675. The lowest BCUT2D eigenvalue weighted by Gasteiger charge is -2.11. The van der Waals surface area contributed by atoms with Crippen LogP contribution in [0.4, 0.5) is 0 Å². The Morgan fingerprint density at radius 2 is 2.11 bits per heavy atom. The van der Waals surface area contributed by atoms with E-state index in [0.717, 1.165) is 6.42 Å². The van der Waals surface area contributed by atoms with Crippen LogP contribution in [0, 0.1) is 17.2 Å². The molecule has 1 nitrogen and oxygen atoms in total. The molecule has 2 heteroatoms. The summed E-state index contributed by atoms with van der Waals surface area (Å²) in [5.41, 5.74) is 0. The van der Waals surface area contributed by atoms with Gasteiger partial charge in [0, 0.05) is 11.7 Å². The second-order valence-electron chi connectivity index (χ2n) is 2.51. The number of hydrogen-bond acceptors (Lipinski definition) is 2. The molecule has 52 valence electrons. The maximum absolute atomic E-state index is 8.21. The van der Waals surface area contributed by atoms with E-state index in [2.05, 4.69) is 32.5 Å². The minimum Gasteiger partial charge on any atom is -0.198 e. The maximum Gasteiger partial charge on any atom is 0.0622 e. The second kappa shape index (κ2) is 4.69. The number of nitriles is 1. The van der Waals surface area contributed by atoms with Crippen LogP contribution in [0.2, 0.25) is 0 Å². The van der Waals surface area contributed by atoms with Crippen LogP contribution in [-0.2, 0) is 0 Å². The monoisotopic (exact) mass is 143 g/mol. The summed E-state index contributed by atoms with van der Waals surface area (Å²) in [5, 5.41) is 8.61. The number of hydrogen-bond donors (Lipinski definition) is 1. The third-order valence-corrected chi connectivity index (χ3v) is 2.18. The summed E-state index contributed by atoms with van der Waals surface area (Å²) in [6, 6.07) is 2.10. The standard InChI is InChI=1S/C7H13NS/c1-6(2)7(9)4-3-5-8/h6-7,9H,3-4H2,1-2H3. The molecule has 0 saturated carbocycles. The molecule has 0 aliphatic heterocycles. The Morgan fingerprint density at radius 3 is 2.44 bits per heavy atom. The van der Waals surface area contributed by atoms with Crippen molar-refractivity contribution in [3.63, 3.8) is 0 Å². The molecule has 0 bridgehead atoms. The van der Waals surface area contributed by atoms with E-state index in [1.54, 1.807) is 0 Å². The van der Waals surface area contributed by atoms with Gasteiger partial charge in [-0.2, -0.15) is 17.9 Å². The highest BCUT2D eigenvalue weighted by Gasteiger charge is 2.05. The topological polar surface area (TPSA) is 23.8 Å². The third-order valence-electron chi connectivity index (χ3n) is 1.32. The first-order chi connectivity index (χ1) is 4.18. The Bertz CT molecular complexity index is 104. The van der Waals surface area contributed by atoms with Gasteiger partial charge in [-0.05, 0) is 12.3 Å². The maximum atomic E-state index is 8.21. The van der Waals surface area contributed by atoms with Crippen LogP contribution in [0.15, 0.2) is 0 Å². The van der Waals surface area contributed by atoms with Gasteiger partial charge in [0.15, 0.2) is 0 Å². The number of thiol groups is 1. The highest BCUT2D eigenvalue weighted by Crippen LogP contribution is 2.13. The SMILES string of the molecule is CC(C)C(S)CCC#N. The number of rotatable bonds is 3. The van der Waals surface area contributed by atoms with Crippen LogP contribution in [0.1, 0.15) is 26.7 Å². The van der Waals surface area contributed by atoms with E-state index < -0.39 is 0 Å². The van der Waals surface area contributed by atoms with Crippen molar-refractivity contribution >= 4 is 12.6 Å². The zero-order valence-electron chi connectivity index (χ0n) is 5.96. The smallest absolute Gasteiger partial charge is 0.0622 e. The molecule has 0 amide bonds. The molecule has 0 aromatic heterocycles. The van der Waals surface area contributed by atoms with E-state index in [4.69, 9.17) is 5.26 Å². The highest BCUT2D eigenvalue weighted by molar-refractivity contribution is 7.81. The van der Waals surface area contributed by atoms with Crippen LogP contribution < -0.4 is 0 Å². The van der Waals surface area contributed by atoms with Crippen molar-refractivity contribution in [3.8, 4) is 6.07 Å². The molecule has 0 rings (SSSR count). The summed E-state index contributed by atoms with van der Waals surface area (Å²) < 4.78 is 0. The molecule has 0 spiro atoms. The van der Waals surface area contributed by atoms with Crippen LogP contribution in [0.25, 0.3) is 0 Å². The van der Waals surface area contributed by atoms with Crippen molar-refractivity contribution in [1.29, 1.82) is 5.26 Å². The highest BCUT2D eigenvalue weighted by atomic mass is 32.1. The van der Waals surface area contributed by atoms with E-state index in [-0.39, 0.29) is 0 Å². The largest absolute Gasteiger partial charge is 0.198 e. The van der Waals surface area contributed by atoms with Gasteiger partial charge in [-0.25, -0.2) is 0 Å². The van der Waals surface area contributed by atoms with Gasteiger partial charge in [-0.3, -0.25) is 0 Å². The minimum absolute atomic E-state index is 0.393. The van der Waals surface area contributed by atoms with Crippen molar-refractivity contribution in [2.24, 2.45) is 5.92 Å². The third kappa shape index (κ3) is 4.35. The zero-order valence-corrected chi connectivity index (χ0v) is 6.86. The molecule has 9 heavy (non-hydrogen) atoms. The molecular formula is C7H13NS. The second-order valence-corrected chi connectivity index (χ2v) is 3.17. The Labute approximate surface area is 62.5 Å². The summed E-state index contributed by atoms with van der Waals surface area (Å²) in [4.78, 5) is 0. The van der Waals surface area contributed by atoms with E-state index in [0.29, 0.717) is 17.6 Å². The van der Waals surface area contributed by atoms with E-state index >= 15 is 0 Å². The van der Waals surface area contributed by atoms with Crippen LogP contribution in [0.5, 0.6) is 0 Å². The van der Waals surface area contributed by atoms with Gasteiger partial charge >= 0.3 is 0 Å². The quantitative estimate of drug-likeness (QED) is 0.602. The molecule has 0 radical (unpaired) electrons. The van der Waals surface area contributed by atoms with Crippen molar-refractivity contribution in [1.82, 2.24) is 0 Å². The summed E-state index contributed by atoms with van der Waals surface area (Å²) in [7, 11) is 0. The van der Waals surface area contributed by atoms with E-state index in [9.17, 15) is 0 Å². The first-order valence-electron chi connectivity index (χ1n) is 3.23. The Hall–Kier alpha value is -0.160. The summed E-state index contributed by atoms with van der Waals surface area (Å²) in [6.07, 6.45) is 1.55. The molecule has 1 unspecified atom stereocenters. The van der Waals surface area contributed by atoms with Crippen LogP contribution in [-0.4, -0.2) is 5.25 Å². The van der Waals surface area contributed by atoms with Gasteiger partial charge < -0.3 is 0 Å². The molecule has 0 N–H and O–H groups in total. The predicted octanol–water partition coefficient (Wildman–Crippen LogP) is 2.24. The Balaban J connectivity index is 3.29. The van der Waals surface area contributed by atoms with E-state index in [1.165, 1.54) is 0 Å². The van der Waals surface area contributed by atoms with Gasteiger partial charge in [0.25, 0.3) is 0 Å². The van der Waals surface area contributed by atoms with Crippen LogP contribution in [0.3, 0.4) is 0 Å². The van der Waals surface area contributed by atoms with Crippen molar-refractivity contribution in [2.75, 3.05) is 0 Å². The zero-order chi connectivity index (χ0) is 7.28. The summed E-state index contributed by atoms with van der Waals surface area (Å²) in [6.45, 7) is 4.24. The molecule has 0 saturated heterocycles. The fraction of sp³-hybridized carbons (Fsp3) is 0.857. The normalized spacial score (nSPS) is 13.2. The van der Waals surface area contributed by atoms with Gasteiger partial charge in [-0.1, -0.05) is 13.8 Å². The Morgan fingerprint density at radius 1 is 1.56 bits per heavy atom. The lowest BCUT2D eigenvalue weighted by Crippen LogP contribution is -2.06. The minimum atomic E-state index is 0.393. The predicted molar refractivity (Wildman–Crippen MR) is 42.5 cm³/mol. The van der Waals surface area contributed by atoms with Crippen molar-refractivity contribution in [2.45, 2.75) is 31.9 Å². The van der Waals surface area contributed by atoms with Crippen molar-refractivity contribution in [3.05, 3.63) is 0 Å². The first kappa shape index (κ1) is 8.84. The number of nitrogens with zero attached hydrogens (tertiary/aromatic N) is 1. The molecule has 0 aliphatic rings. The molecule has 0 aromatic carbocycles. The lowest BCUT2D eigenvalue weighted by atomic mass is 10.1. The average Bonchev–Trinajstić information content (AvgIpc) is 1.82. The lowest BCUT2D eigenvalue weighted by molar-refractivity contribution is 0.582. The summed E-state index contributed by atoms with van der Waals surface area (Å²) >= 11 is 4.31. The molecule has 0 fully saturated rings. The fourth-order valence-electron chi connectivity index (χ4n) is 0.546. The average molecular weight is 143 g/mol. The first-order valence-corrected chi connectivity index (χ1v) is 3.75. The van der Waals surface area contributed by atoms with Gasteiger partial charge in [0.2, 0.25) is 0 Å². The molecule has 1 atom stereocenters. The van der Waals surface area contributed by atoms with Gasteiger partial charge in [-0.15, -0.1) is 0 Å². The molecule has 0 aromatic rings. The van der Waals surface area contributed by atoms with Gasteiger partial charge in [0.05, 0.1) is 6.07 Å². The van der Waals surface area contributed by atoms with E-state index in [1.807, 2.05) is 0 Å². The molecule has 0 heterocycles.